The maximum atomic E-state index is 12.7. The first-order chi connectivity index (χ1) is 15.3. The molecule has 2 aliphatic rings. The molecule has 1 spiro atoms. The van der Waals surface area contributed by atoms with Crippen molar-refractivity contribution in [2.45, 2.75) is 48.6 Å². The number of halogens is 2. The van der Waals surface area contributed by atoms with Gasteiger partial charge in [0.1, 0.15) is 5.82 Å². The third-order valence-corrected chi connectivity index (χ3v) is 9.07. The molecule has 3 aromatic rings. The van der Waals surface area contributed by atoms with Crippen LogP contribution in [0.1, 0.15) is 25.3 Å². The maximum absolute atomic E-state index is 12.7. The van der Waals surface area contributed by atoms with Gasteiger partial charge in [0.25, 0.3) is 0 Å². The van der Waals surface area contributed by atoms with Crippen LogP contribution in [0, 0.1) is 12.3 Å². The van der Waals surface area contributed by atoms with Crippen LogP contribution in [0.3, 0.4) is 0 Å². The number of nitrogens with one attached hydrogen (secondary N) is 1. The van der Waals surface area contributed by atoms with Crippen LogP contribution in [0.25, 0.3) is 5.65 Å². The summed E-state index contributed by atoms with van der Waals surface area (Å²) in [5, 5.41) is 7.94. The van der Waals surface area contributed by atoms with Crippen LogP contribution in [-0.2, 0) is 4.74 Å². The van der Waals surface area contributed by atoms with E-state index in [2.05, 4.69) is 21.2 Å². The quantitative estimate of drug-likeness (QED) is 0.570. The second-order valence-corrected chi connectivity index (χ2v) is 10.6. The van der Waals surface area contributed by atoms with Crippen molar-refractivity contribution >= 4 is 46.4 Å². The van der Waals surface area contributed by atoms with Gasteiger partial charge >= 0.3 is 5.69 Å². The average molecular weight is 494 g/mol. The Morgan fingerprint density at radius 2 is 2.06 bits per heavy atom. The van der Waals surface area contributed by atoms with E-state index in [0.717, 1.165) is 47.1 Å². The number of nitrogens with two attached hydrogens (primary N) is 1. The van der Waals surface area contributed by atoms with Gasteiger partial charge in [0.05, 0.1) is 27.7 Å². The number of nitrogens with zero attached hydrogens (tertiary/aromatic N) is 3. The molecule has 1 aromatic carbocycles. The van der Waals surface area contributed by atoms with Crippen LogP contribution in [0.5, 0.6) is 0 Å². The van der Waals surface area contributed by atoms with Crippen molar-refractivity contribution in [2.75, 3.05) is 24.6 Å². The highest BCUT2D eigenvalue weighted by atomic mass is 35.5. The fourth-order valence-corrected chi connectivity index (χ4v) is 6.33. The second-order valence-electron chi connectivity index (χ2n) is 8.75. The minimum atomic E-state index is -0.260. The van der Waals surface area contributed by atoms with Gasteiger partial charge in [-0.1, -0.05) is 41.0 Å². The molecule has 10 heteroatoms. The molecule has 2 saturated heterocycles. The summed E-state index contributed by atoms with van der Waals surface area (Å²) in [5.74, 6) is 0.841. The van der Waals surface area contributed by atoms with Crippen LogP contribution in [0.15, 0.2) is 38.9 Å². The number of H-pyrrole nitrogens is 1. The summed E-state index contributed by atoms with van der Waals surface area (Å²) in [4.78, 5) is 16.7. The lowest BCUT2D eigenvalue weighted by molar-refractivity contribution is 0.0974. The zero-order valence-electron chi connectivity index (χ0n) is 17.9. The summed E-state index contributed by atoms with van der Waals surface area (Å²) in [6.07, 6.45) is 1.95. The fourth-order valence-electron chi connectivity index (χ4n) is 4.85. The summed E-state index contributed by atoms with van der Waals surface area (Å²) in [6.45, 7) is 6.40. The lowest BCUT2D eigenvalue weighted by Crippen LogP contribution is -2.51. The van der Waals surface area contributed by atoms with Gasteiger partial charge in [0.15, 0.2) is 5.65 Å². The number of fused-ring (bicyclic) bond motifs is 1. The summed E-state index contributed by atoms with van der Waals surface area (Å²) < 4.78 is 7.50. The van der Waals surface area contributed by atoms with Gasteiger partial charge in [0, 0.05) is 29.4 Å². The number of anilines is 1. The predicted molar refractivity (Wildman–Crippen MR) is 128 cm³/mol. The van der Waals surface area contributed by atoms with Gasteiger partial charge in [-0.15, -0.1) is 0 Å². The minimum Gasteiger partial charge on any atom is -0.376 e. The highest BCUT2D eigenvalue weighted by molar-refractivity contribution is 7.99. The lowest BCUT2D eigenvalue weighted by atomic mass is 9.73. The molecule has 0 saturated carbocycles. The van der Waals surface area contributed by atoms with Gasteiger partial charge < -0.3 is 15.4 Å². The van der Waals surface area contributed by atoms with E-state index < -0.39 is 0 Å². The molecule has 5 rings (SSSR count). The smallest absolute Gasteiger partial charge is 0.349 e. The Kier molecular flexibility index (Phi) is 5.70. The number of benzene rings is 1. The number of ether oxygens (including phenoxy) is 1. The van der Waals surface area contributed by atoms with Gasteiger partial charge in [-0.25, -0.2) is 14.3 Å². The molecule has 0 amide bonds. The highest BCUT2D eigenvalue weighted by Crippen LogP contribution is 2.43. The summed E-state index contributed by atoms with van der Waals surface area (Å²) in [7, 11) is 0. The number of aryl methyl sites for hydroxylation is 1. The average Bonchev–Trinajstić information content (AvgIpc) is 3.29. The molecular weight excluding hydrogens is 469 g/mol. The summed E-state index contributed by atoms with van der Waals surface area (Å²) in [5.41, 5.74) is 7.83. The standard InChI is InChI=1S/C22H25Cl2N5O2S/c1-12-10-16(28-8-6-22(7-9-28)11-31-13(2)19(22)25)29-20(26-27-21(29)30)18(12)32-15-5-3-4-14(23)17(15)24/h3-5,10,13,19H,6-9,11,25H2,1-2H3,(H,27,30). The van der Waals surface area contributed by atoms with Crippen molar-refractivity contribution in [2.24, 2.45) is 11.1 Å². The molecule has 0 bridgehead atoms. The first-order valence-electron chi connectivity index (χ1n) is 10.7. The van der Waals surface area contributed by atoms with E-state index in [0.29, 0.717) is 22.3 Å². The molecule has 0 radical (unpaired) electrons. The largest absolute Gasteiger partial charge is 0.376 e. The van der Waals surface area contributed by atoms with Gasteiger partial charge in [-0.05, 0) is 50.5 Å². The Hall–Kier alpha value is -1.71. The number of pyridine rings is 1. The molecule has 170 valence electrons. The Balaban J connectivity index is 1.50. The van der Waals surface area contributed by atoms with Crippen molar-refractivity contribution in [3.05, 3.63) is 50.4 Å². The molecule has 32 heavy (non-hydrogen) atoms. The molecule has 2 aliphatic heterocycles. The number of hydrogen-bond acceptors (Lipinski definition) is 6. The molecule has 0 aliphatic carbocycles. The Morgan fingerprint density at radius 1 is 1.31 bits per heavy atom. The molecule has 2 aromatic heterocycles. The van der Waals surface area contributed by atoms with Crippen LogP contribution in [-0.4, -0.2) is 46.4 Å². The molecule has 2 unspecified atom stereocenters. The highest BCUT2D eigenvalue weighted by Gasteiger charge is 2.47. The Labute approximate surface area is 200 Å². The first-order valence-corrected chi connectivity index (χ1v) is 12.2. The van der Waals surface area contributed by atoms with E-state index >= 15 is 0 Å². The monoisotopic (exact) mass is 493 g/mol. The van der Waals surface area contributed by atoms with Crippen LogP contribution in [0.4, 0.5) is 5.82 Å². The topological polar surface area (TPSA) is 88.7 Å². The van der Waals surface area contributed by atoms with Crippen LogP contribution < -0.4 is 16.3 Å². The van der Waals surface area contributed by atoms with Gasteiger partial charge in [-0.2, -0.15) is 5.10 Å². The number of aromatic nitrogens is 3. The third-order valence-electron chi connectivity index (χ3n) is 6.87. The normalized spacial score (nSPS) is 22.8. The molecular formula is C22H25Cl2N5O2S. The Morgan fingerprint density at radius 3 is 2.75 bits per heavy atom. The number of hydrogen-bond donors (Lipinski definition) is 2. The van der Waals surface area contributed by atoms with E-state index in [1.54, 1.807) is 10.5 Å². The first kappa shape index (κ1) is 22.1. The van der Waals surface area contributed by atoms with E-state index in [1.165, 1.54) is 11.8 Å². The summed E-state index contributed by atoms with van der Waals surface area (Å²) >= 11 is 14.1. The third kappa shape index (κ3) is 3.53. The van der Waals surface area contributed by atoms with Crippen LogP contribution >= 0.6 is 35.0 Å². The van der Waals surface area contributed by atoms with Crippen molar-refractivity contribution in [3.63, 3.8) is 0 Å². The lowest BCUT2D eigenvalue weighted by Gasteiger charge is -2.42. The van der Waals surface area contributed by atoms with Crippen molar-refractivity contribution in [3.8, 4) is 0 Å². The number of piperidine rings is 1. The van der Waals surface area contributed by atoms with E-state index in [-0.39, 0.29) is 23.3 Å². The van der Waals surface area contributed by atoms with Crippen LogP contribution in [0.2, 0.25) is 10.0 Å². The SMILES string of the molecule is Cc1cc(N2CCC3(CC2)COC(C)C3N)n2c(=O)[nH]nc2c1Sc1cccc(Cl)c1Cl. The predicted octanol–water partition coefficient (Wildman–Crippen LogP) is 4.12. The molecule has 4 heterocycles. The Bertz CT molecular complexity index is 1240. The zero-order valence-corrected chi connectivity index (χ0v) is 20.2. The summed E-state index contributed by atoms with van der Waals surface area (Å²) in [6, 6.07) is 7.62. The zero-order chi connectivity index (χ0) is 22.6. The molecule has 7 nitrogen and oxygen atoms in total. The van der Waals surface area contributed by atoms with E-state index in [9.17, 15) is 4.79 Å². The number of rotatable bonds is 3. The van der Waals surface area contributed by atoms with Crippen molar-refractivity contribution < 1.29 is 4.74 Å². The van der Waals surface area contributed by atoms with Crippen molar-refractivity contribution in [1.82, 2.24) is 14.6 Å². The minimum absolute atomic E-state index is 0.0184. The van der Waals surface area contributed by atoms with E-state index in [1.807, 2.05) is 26.0 Å². The molecule has 2 fully saturated rings. The van der Waals surface area contributed by atoms with E-state index in [4.69, 9.17) is 33.7 Å². The van der Waals surface area contributed by atoms with Crippen molar-refractivity contribution in [1.29, 1.82) is 0 Å². The molecule has 2 atom stereocenters. The van der Waals surface area contributed by atoms with Gasteiger partial charge in [0.2, 0.25) is 0 Å². The number of aromatic amines is 1. The van der Waals surface area contributed by atoms with Gasteiger partial charge in [-0.3, -0.25) is 0 Å². The second kappa shape index (κ2) is 8.25. The maximum Gasteiger partial charge on any atom is 0.349 e. The molecule has 3 N–H and O–H groups in total. The fraction of sp³-hybridized carbons (Fsp3) is 0.455.